The van der Waals surface area contributed by atoms with Gasteiger partial charge in [0.15, 0.2) is 0 Å². The maximum atomic E-state index is 11.9. The molecule has 1 N–H and O–H groups in total. The van der Waals surface area contributed by atoms with Gasteiger partial charge < -0.3 is 14.5 Å². The van der Waals surface area contributed by atoms with Gasteiger partial charge in [0.05, 0.1) is 12.9 Å². The lowest BCUT2D eigenvalue weighted by molar-refractivity contribution is -0.113. The van der Waals surface area contributed by atoms with Crippen LogP contribution >= 0.6 is 11.8 Å². The van der Waals surface area contributed by atoms with E-state index in [4.69, 9.17) is 9.15 Å². The molecular weight excluding hydrogens is 290 g/mol. The normalized spacial score (nSPS) is 10.4. The van der Waals surface area contributed by atoms with Crippen LogP contribution in [0.15, 0.2) is 33.9 Å². The monoisotopic (exact) mass is 307 g/mol. The third kappa shape index (κ3) is 4.78. The molecule has 21 heavy (non-hydrogen) atoms. The number of carbonyl (C=O) groups excluding carboxylic acids is 1. The van der Waals surface area contributed by atoms with Crippen molar-refractivity contribution in [2.75, 3.05) is 18.2 Å². The fourth-order valence-electron chi connectivity index (χ4n) is 1.64. The first-order valence-electron chi connectivity index (χ1n) is 6.60. The van der Waals surface area contributed by atoms with Crippen LogP contribution in [0.1, 0.15) is 19.2 Å². The summed E-state index contributed by atoms with van der Waals surface area (Å²) in [6.07, 6.45) is 1.70. The van der Waals surface area contributed by atoms with Gasteiger partial charge >= 0.3 is 0 Å². The summed E-state index contributed by atoms with van der Waals surface area (Å²) < 4.78 is 10.5. The lowest BCUT2D eigenvalue weighted by Gasteiger charge is -2.05. The molecule has 1 aromatic carbocycles. The Morgan fingerprint density at radius 2 is 2.29 bits per heavy atom. The first-order chi connectivity index (χ1) is 10.2. The highest BCUT2D eigenvalue weighted by Crippen LogP contribution is 2.19. The maximum Gasteiger partial charge on any atom is 0.277 e. The molecule has 0 radical (unpaired) electrons. The molecule has 1 amide bonds. The van der Waals surface area contributed by atoms with Crippen LogP contribution in [-0.4, -0.2) is 29.0 Å². The molecule has 0 aliphatic rings. The Morgan fingerprint density at radius 3 is 3.05 bits per heavy atom. The second kappa shape index (κ2) is 7.68. The van der Waals surface area contributed by atoms with Crippen molar-refractivity contribution < 1.29 is 13.9 Å². The number of hydrogen-bond acceptors (Lipinski definition) is 6. The van der Waals surface area contributed by atoms with Crippen molar-refractivity contribution in [1.29, 1.82) is 0 Å². The number of rotatable bonds is 7. The van der Waals surface area contributed by atoms with E-state index < -0.39 is 0 Å². The van der Waals surface area contributed by atoms with Crippen LogP contribution in [-0.2, 0) is 11.2 Å². The number of nitrogens with one attached hydrogen (secondary N) is 1. The zero-order valence-electron chi connectivity index (χ0n) is 12.0. The molecule has 0 bridgehead atoms. The predicted octanol–water partition coefficient (Wildman–Crippen LogP) is 2.76. The van der Waals surface area contributed by atoms with E-state index in [0.29, 0.717) is 22.6 Å². The first kappa shape index (κ1) is 15.4. The third-order valence-corrected chi connectivity index (χ3v) is 3.41. The number of amides is 1. The minimum atomic E-state index is -0.136. The molecule has 2 aromatic rings. The quantitative estimate of drug-likeness (QED) is 0.793. The number of hydrogen-bond donors (Lipinski definition) is 1. The van der Waals surface area contributed by atoms with Crippen molar-refractivity contribution in [2.24, 2.45) is 0 Å². The van der Waals surface area contributed by atoms with E-state index in [1.54, 1.807) is 19.2 Å². The molecule has 2 rings (SSSR count). The van der Waals surface area contributed by atoms with E-state index >= 15 is 0 Å². The molecular formula is C14H17N3O3S. The number of benzene rings is 1. The van der Waals surface area contributed by atoms with Gasteiger partial charge in [0, 0.05) is 18.2 Å². The molecule has 0 saturated carbocycles. The zero-order chi connectivity index (χ0) is 15.1. The Bertz CT molecular complexity index is 601. The highest BCUT2D eigenvalue weighted by Gasteiger charge is 2.09. The molecule has 0 spiro atoms. The van der Waals surface area contributed by atoms with Crippen molar-refractivity contribution in [1.82, 2.24) is 10.2 Å². The Morgan fingerprint density at radius 1 is 1.43 bits per heavy atom. The number of aromatic nitrogens is 2. The summed E-state index contributed by atoms with van der Waals surface area (Å²) in [5, 5.41) is 11.0. The third-order valence-electron chi connectivity index (χ3n) is 2.59. The van der Waals surface area contributed by atoms with Gasteiger partial charge in [0.1, 0.15) is 5.75 Å². The largest absolute Gasteiger partial charge is 0.497 e. The summed E-state index contributed by atoms with van der Waals surface area (Å²) in [5.41, 5.74) is 0.692. The number of aryl methyl sites for hydroxylation is 1. The fraction of sp³-hybridized carbons (Fsp3) is 0.357. The average Bonchev–Trinajstić information content (AvgIpc) is 2.93. The van der Waals surface area contributed by atoms with Crippen LogP contribution in [0, 0.1) is 0 Å². The highest BCUT2D eigenvalue weighted by molar-refractivity contribution is 7.99. The SMILES string of the molecule is CCCc1nnc(SCC(=O)Nc2cccc(OC)c2)o1. The topological polar surface area (TPSA) is 77.2 Å². The molecule has 0 atom stereocenters. The van der Waals surface area contributed by atoms with E-state index in [0.717, 1.165) is 12.8 Å². The fourth-order valence-corrected chi connectivity index (χ4v) is 2.22. The maximum absolute atomic E-state index is 11.9. The van der Waals surface area contributed by atoms with Crippen LogP contribution in [0.25, 0.3) is 0 Å². The smallest absolute Gasteiger partial charge is 0.277 e. The second-order valence-corrected chi connectivity index (χ2v) is 5.21. The van der Waals surface area contributed by atoms with Gasteiger partial charge in [-0.1, -0.05) is 24.8 Å². The van der Waals surface area contributed by atoms with E-state index in [1.807, 2.05) is 19.1 Å². The number of anilines is 1. The molecule has 7 heteroatoms. The summed E-state index contributed by atoms with van der Waals surface area (Å²) >= 11 is 1.22. The van der Waals surface area contributed by atoms with Crippen LogP contribution in [0.4, 0.5) is 5.69 Å². The standard InChI is InChI=1S/C14H17N3O3S/c1-3-5-13-16-17-14(20-13)21-9-12(18)15-10-6-4-7-11(8-10)19-2/h4,6-8H,3,5,9H2,1-2H3,(H,15,18). The molecule has 0 fully saturated rings. The summed E-state index contributed by atoms with van der Waals surface area (Å²) in [6.45, 7) is 2.04. The molecule has 0 aliphatic carbocycles. The van der Waals surface area contributed by atoms with Gasteiger partial charge in [0.2, 0.25) is 11.8 Å². The number of methoxy groups -OCH3 is 1. The van der Waals surface area contributed by atoms with Crippen LogP contribution < -0.4 is 10.1 Å². The van der Waals surface area contributed by atoms with Gasteiger partial charge in [-0.25, -0.2) is 0 Å². The Kier molecular flexibility index (Phi) is 5.62. The lowest BCUT2D eigenvalue weighted by atomic mass is 10.3. The molecule has 112 valence electrons. The summed E-state index contributed by atoms with van der Waals surface area (Å²) in [6, 6.07) is 7.19. The Labute approximate surface area is 127 Å². The number of carbonyl (C=O) groups is 1. The van der Waals surface area contributed by atoms with E-state index in [1.165, 1.54) is 11.8 Å². The van der Waals surface area contributed by atoms with Crippen LogP contribution in [0.5, 0.6) is 5.75 Å². The predicted molar refractivity (Wildman–Crippen MR) is 80.6 cm³/mol. The van der Waals surface area contributed by atoms with Crippen LogP contribution in [0.3, 0.4) is 0 Å². The van der Waals surface area contributed by atoms with Gasteiger partial charge in [-0.05, 0) is 18.6 Å². The van der Waals surface area contributed by atoms with E-state index in [9.17, 15) is 4.79 Å². The van der Waals surface area contributed by atoms with Gasteiger partial charge in [0.25, 0.3) is 5.22 Å². The van der Waals surface area contributed by atoms with Gasteiger partial charge in [-0.3, -0.25) is 4.79 Å². The molecule has 1 heterocycles. The average molecular weight is 307 g/mol. The van der Waals surface area contributed by atoms with Crippen molar-refractivity contribution in [2.45, 2.75) is 25.0 Å². The van der Waals surface area contributed by atoms with Crippen molar-refractivity contribution in [3.8, 4) is 5.75 Å². The minimum Gasteiger partial charge on any atom is -0.497 e. The molecule has 6 nitrogen and oxygen atoms in total. The summed E-state index contributed by atoms with van der Waals surface area (Å²) in [4.78, 5) is 11.9. The van der Waals surface area contributed by atoms with Crippen molar-refractivity contribution in [3.63, 3.8) is 0 Å². The highest BCUT2D eigenvalue weighted by atomic mass is 32.2. The van der Waals surface area contributed by atoms with Crippen molar-refractivity contribution >= 4 is 23.4 Å². The number of ether oxygens (including phenoxy) is 1. The molecule has 1 aromatic heterocycles. The van der Waals surface area contributed by atoms with E-state index in [2.05, 4.69) is 15.5 Å². The Balaban J connectivity index is 1.83. The molecule has 0 unspecified atom stereocenters. The van der Waals surface area contributed by atoms with E-state index in [-0.39, 0.29) is 11.7 Å². The summed E-state index contributed by atoms with van der Waals surface area (Å²) in [5.74, 6) is 1.38. The van der Waals surface area contributed by atoms with Crippen LogP contribution in [0.2, 0.25) is 0 Å². The Hall–Kier alpha value is -2.02. The van der Waals surface area contributed by atoms with Crippen molar-refractivity contribution in [3.05, 3.63) is 30.2 Å². The minimum absolute atomic E-state index is 0.136. The lowest BCUT2D eigenvalue weighted by Crippen LogP contribution is -2.13. The number of nitrogens with zero attached hydrogens (tertiary/aromatic N) is 2. The number of thioether (sulfide) groups is 1. The molecule has 0 saturated heterocycles. The zero-order valence-corrected chi connectivity index (χ0v) is 12.8. The van der Waals surface area contributed by atoms with Gasteiger partial charge in [-0.15, -0.1) is 10.2 Å². The van der Waals surface area contributed by atoms with Gasteiger partial charge in [-0.2, -0.15) is 0 Å². The first-order valence-corrected chi connectivity index (χ1v) is 7.59. The second-order valence-electron chi connectivity index (χ2n) is 4.28. The molecule has 0 aliphatic heterocycles. The summed E-state index contributed by atoms with van der Waals surface area (Å²) in [7, 11) is 1.58.